The molecule has 4 aliphatic carbocycles. The second kappa shape index (κ2) is 9.67. The van der Waals surface area contributed by atoms with Crippen LogP contribution in [-0.4, -0.2) is 24.0 Å². The minimum atomic E-state index is -3.52. The lowest BCUT2D eigenvalue weighted by Gasteiger charge is -2.57. The van der Waals surface area contributed by atoms with E-state index in [9.17, 15) is 18.4 Å². The van der Waals surface area contributed by atoms with Crippen LogP contribution in [0.1, 0.15) is 44.6 Å². The number of rotatable bonds is 6. The van der Waals surface area contributed by atoms with Gasteiger partial charge >= 0.3 is 17.9 Å². The fraction of sp³-hybridized carbons (Fsp3) is 0.481. The molecule has 0 saturated heterocycles. The molecule has 9 heteroatoms. The number of alkyl halides is 2. The molecule has 5 nitrogen and oxygen atoms in total. The van der Waals surface area contributed by atoms with Crippen LogP contribution < -0.4 is 9.47 Å². The summed E-state index contributed by atoms with van der Waals surface area (Å²) in [6.07, 6.45) is 2.76. The van der Waals surface area contributed by atoms with E-state index in [2.05, 4.69) is 51.2 Å². The van der Waals surface area contributed by atoms with Gasteiger partial charge in [0.25, 0.3) is 0 Å². The number of benzene rings is 2. The second-order valence-electron chi connectivity index (χ2n) is 10.5. The minimum Gasteiger partial charge on any atom is -0.457 e. The molecular formula is C27H26F2I2O5. The summed E-state index contributed by atoms with van der Waals surface area (Å²) in [5.74, 6) is -3.27. The van der Waals surface area contributed by atoms with Gasteiger partial charge in [-0.2, -0.15) is 8.78 Å². The summed E-state index contributed by atoms with van der Waals surface area (Å²) >= 11 is 4.53. The summed E-state index contributed by atoms with van der Waals surface area (Å²) in [4.78, 5) is 25.2. The van der Waals surface area contributed by atoms with Crippen molar-refractivity contribution in [1.82, 2.24) is 0 Å². The summed E-state index contributed by atoms with van der Waals surface area (Å²) in [6, 6.07) is 11.1. The summed E-state index contributed by atoms with van der Waals surface area (Å²) in [6.45, 7) is 2.56. The van der Waals surface area contributed by atoms with Gasteiger partial charge in [-0.3, -0.25) is 4.79 Å². The third-order valence-electron chi connectivity index (χ3n) is 7.67. The van der Waals surface area contributed by atoms with Crippen molar-refractivity contribution >= 4 is 57.1 Å². The summed E-state index contributed by atoms with van der Waals surface area (Å²) in [5.41, 5.74) is 0.382. The van der Waals surface area contributed by atoms with Crippen molar-refractivity contribution in [2.45, 2.75) is 58.0 Å². The van der Waals surface area contributed by atoms with Crippen LogP contribution >= 0.6 is 45.2 Å². The van der Waals surface area contributed by atoms with E-state index >= 15 is 0 Å². The molecule has 2 unspecified atom stereocenters. The quantitative estimate of drug-likeness (QED) is 0.178. The summed E-state index contributed by atoms with van der Waals surface area (Å²) in [5, 5.41) is 0. The van der Waals surface area contributed by atoms with E-state index in [1.165, 1.54) is 0 Å². The van der Waals surface area contributed by atoms with Crippen LogP contribution in [0.15, 0.2) is 36.4 Å². The van der Waals surface area contributed by atoms with E-state index in [0.29, 0.717) is 37.2 Å². The highest BCUT2D eigenvalue weighted by atomic mass is 127. The number of carbonyl (C=O) groups is 2. The van der Waals surface area contributed by atoms with Gasteiger partial charge in [-0.15, -0.1) is 0 Å². The maximum absolute atomic E-state index is 13.4. The molecule has 36 heavy (non-hydrogen) atoms. The molecule has 2 aromatic rings. The monoisotopic (exact) mass is 722 g/mol. The fourth-order valence-electron chi connectivity index (χ4n) is 6.37. The number of carbonyl (C=O) groups excluding carboxylic acids is 2. The number of hydrogen-bond donors (Lipinski definition) is 0. The Hall–Kier alpha value is -1.50. The van der Waals surface area contributed by atoms with Crippen molar-refractivity contribution in [3.05, 3.63) is 49.1 Å². The average molecular weight is 722 g/mol. The number of halogens is 4. The van der Waals surface area contributed by atoms with Gasteiger partial charge in [0.2, 0.25) is 0 Å². The zero-order valence-corrected chi connectivity index (χ0v) is 24.2. The summed E-state index contributed by atoms with van der Waals surface area (Å²) < 4.78 is 46.2. The van der Waals surface area contributed by atoms with E-state index in [-0.39, 0.29) is 17.8 Å². The number of hydrogen-bond acceptors (Lipinski definition) is 5. The molecule has 0 amide bonds. The number of ether oxygens (including phenoxy) is 3. The van der Waals surface area contributed by atoms with Gasteiger partial charge in [0.1, 0.15) is 23.4 Å². The highest BCUT2D eigenvalue weighted by molar-refractivity contribution is 14.1. The molecule has 0 N–H and O–H groups in total. The molecule has 192 valence electrons. The molecule has 4 bridgehead atoms. The zero-order valence-electron chi connectivity index (χ0n) is 19.9. The lowest BCUT2D eigenvalue weighted by molar-refractivity contribution is -0.204. The predicted octanol–water partition coefficient (Wildman–Crippen LogP) is 7.30. The van der Waals surface area contributed by atoms with Gasteiger partial charge in [-0.25, -0.2) is 4.79 Å². The Morgan fingerprint density at radius 2 is 1.61 bits per heavy atom. The van der Waals surface area contributed by atoms with Crippen LogP contribution in [0, 0.1) is 37.2 Å². The Morgan fingerprint density at radius 1 is 1.00 bits per heavy atom. The third-order valence-corrected chi connectivity index (χ3v) is 9.09. The number of esters is 2. The van der Waals surface area contributed by atoms with Gasteiger partial charge in [-0.05, 0) is 144 Å². The Kier molecular flexibility index (Phi) is 7.01. The Labute approximate surface area is 235 Å². The summed E-state index contributed by atoms with van der Waals surface area (Å²) in [7, 11) is 0. The highest BCUT2D eigenvalue weighted by Crippen LogP contribution is 2.61. The Balaban J connectivity index is 1.25. The molecule has 6 rings (SSSR count). The Morgan fingerprint density at radius 3 is 2.19 bits per heavy atom. The smallest absolute Gasteiger partial charge is 0.376 e. The van der Waals surface area contributed by atoms with Crippen molar-refractivity contribution in [2.75, 3.05) is 0 Å². The van der Waals surface area contributed by atoms with Crippen LogP contribution in [0.2, 0.25) is 0 Å². The largest absolute Gasteiger partial charge is 0.457 e. The van der Waals surface area contributed by atoms with Gasteiger partial charge in [0, 0.05) is 10.5 Å². The molecule has 0 aromatic heterocycles. The van der Waals surface area contributed by atoms with Crippen molar-refractivity contribution in [3.63, 3.8) is 0 Å². The van der Waals surface area contributed by atoms with Crippen LogP contribution in [0.5, 0.6) is 17.2 Å². The van der Waals surface area contributed by atoms with Gasteiger partial charge in [-0.1, -0.05) is 0 Å². The van der Waals surface area contributed by atoms with E-state index in [1.54, 1.807) is 24.3 Å². The van der Waals surface area contributed by atoms with Crippen molar-refractivity contribution in [2.24, 2.45) is 23.2 Å². The average Bonchev–Trinajstić information content (AvgIpc) is 2.78. The SMILES string of the molecule is Cc1cc(I)cc(I)c1Oc1ccc(OC(=O)C23CC4CC(C2)C(OC(=O)C(C)(F)F)C(C4)C3)cc1. The van der Waals surface area contributed by atoms with Crippen molar-refractivity contribution in [3.8, 4) is 17.2 Å². The minimum absolute atomic E-state index is 0.0921. The van der Waals surface area contributed by atoms with Crippen LogP contribution in [0.3, 0.4) is 0 Å². The van der Waals surface area contributed by atoms with Gasteiger partial charge in [0.05, 0.1) is 8.99 Å². The molecule has 4 aliphatic rings. The topological polar surface area (TPSA) is 61.8 Å². The maximum atomic E-state index is 13.4. The first-order valence-corrected chi connectivity index (χ1v) is 14.1. The first-order valence-electron chi connectivity index (χ1n) is 12.0. The number of aryl methyl sites for hydroxylation is 1. The lowest BCUT2D eigenvalue weighted by Crippen LogP contribution is -2.58. The van der Waals surface area contributed by atoms with Gasteiger partial charge in [0.15, 0.2) is 0 Å². The molecule has 0 spiro atoms. The molecule has 2 atom stereocenters. The fourth-order valence-corrected chi connectivity index (χ4v) is 8.62. The van der Waals surface area contributed by atoms with Crippen LogP contribution in [-0.2, 0) is 14.3 Å². The molecule has 4 saturated carbocycles. The molecule has 0 radical (unpaired) electrons. The van der Waals surface area contributed by atoms with E-state index in [1.807, 2.05) is 13.0 Å². The van der Waals surface area contributed by atoms with E-state index < -0.39 is 23.4 Å². The molecule has 4 fully saturated rings. The van der Waals surface area contributed by atoms with Crippen molar-refractivity contribution in [1.29, 1.82) is 0 Å². The first kappa shape index (κ1) is 26.1. The normalized spacial score (nSPS) is 28.6. The maximum Gasteiger partial charge on any atom is 0.376 e. The third kappa shape index (κ3) is 5.10. The van der Waals surface area contributed by atoms with E-state index in [0.717, 1.165) is 37.7 Å². The zero-order chi connectivity index (χ0) is 25.8. The molecule has 0 aliphatic heterocycles. The van der Waals surface area contributed by atoms with Crippen molar-refractivity contribution < 1.29 is 32.6 Å². The van der Waals surface area contributed by atoms with E-state index in [4.69, 9.17) is 14.2 Å². The van der Waals surface area contributed by atoms with Crippen LogP contribution in [0.4, 0.5) is 8.78 Å². The molecule has 2 aromatic carbocycles. The highest BCUT2D eigenvalue weighted by Gasteiger charge is 2.61. The Bertz CT molecular complexity index is 1150. The standard InChI is InChI=1S/C27H26F2I2O5/c1-14-7-18(30)10-21(31)22(14)34-19-3-5-20(6-4-19)35-25(33)27-11-15-8-16(12-27)23(17(9-15)13-27)36-24(32)26(2,28)29/h3-7,10,15-17,23H,8-9,11-13H2,1-2H3. The lowest BCUT2D eigenvalue weighted by atomic mass is 9.48. The predicted molar refractivity (Wildman–Crippen MR) is 145 cm³/mol. The van der Waals surface area contributed by atoms with Crippen LogP contribution in [0.25, 0.3) is 0 Å². The molecular weight excluding hydrogens is 696 g/mol. The molecule has 0 heterocycles. The second-order valence-corrected chi connectivity index (χ2v) is 12.9. The first-order chi connectivity index (χ1) is 16.9. The van der Waals surface area contributed by atoms with Gasteiger partial charge < -0.3 is 14.2 Å².